The van der Waals surface area contributed by atoms with E-state index in [0.717, 1.165) is 0 Å². The van der Waals surface area contributed by atoms with Gasteiger partial charge in [-0.15, -0.1) is 0 Å². The van der Waals surface area contributed by atoms with Crippen LogP contribution in [0.25, 0.3) is 0 Å². The molecule has 7 heteroatoms. The van der Waals surface area contributed by atoms with Crippen LogP contribution in [0.1, 0.15) is 79.1 Å². The summed E-state index contributed by atoms with van der Waals surface area (Å²) in [7, 11) is 0. The first-order valence-electron chi connectivity index (χ1n) is 8.97. The number of ketones is 2. The summed E-state index contributed by atoms with van der Waals surface area (Å²) in [5, 5.41) is 19.3. The monoisotopic (exact) mass is 464 g/mol. The first-order valence-corrected chi connectivity index (χ1v) is 13.0. The van der Waals surface area contributed by atoms with Crippen molar-refractivity contribution in [3.63, 3.8) is 0 Å². The van der Waals surface area contributed by atoms with Crippen LogP contribution in [-0.4, -0.2) is 44.6 Å². The Balaban J connectivity index is -0.000000291. The van der Waals surface area contributed by atoms with Gasteiger partial charge in [0.2, 0.25) is 0 Å². The number of unbranched alkanes of at least 4 members (excludes halogenated alkanes) is 2. The number of rotatable bonds is 12. The van der Waals surface area contributed by atoms with Crippen LogP contribution in [0.4, 0.5) is 0 Å². The summed E-state index contributed by atoms with van der Waals surface area (Å²) in [6.45, 7) is 8.06. The molecule has 0 aliphatic carbocycles. The quantitative estimate of drug-likeness (QED) is 0.245. The number of hydrogen-bond donors (Lipinski definition) is 0. The summed E-state index contributed by atoms with van der Waals surface area (Å²) in [5.74, 6) is -4.78. The number of carbonyl (C=O) groups excluding carboxylic acids is 4. The van der Waals surface area contributed by atoms with E-state index >= 15 is 0 Å². The molecule has 6 nitrogen and oxygen atoms in total. The van der Waals surface area contributed by atoms with Gasteiger partial charge in [0.1, 0.15) is 11.9 Å². The molecule has 0 saturated carbocycles. The molecule has 25 heavy (non-hydrogen) atoms. The Bertz CT molecular complexity index is 335. The second kappa shape index (κ2) is 23.1. The van der Waals surface area contributed by atoms with Crippen LogP contribution in [-0.2, 0) is 19.2 Å². The van der Waals surface area contributed by atoms with Crippen molar-refractivity contribution in [2.45, 2.75) is 87.9 Å². The van der Waals surface area contributed by atoms with E-state index in [9.17, 15) is 29.4 Å². The molecule has 0 rings (SSSR count). The van der Waals surface area contributed by atoms with Gasteiger partial charge in [-0.25, -0.2) is 0 Å². The number of carboxylic acids is 2. The van der Waals surface area contributed by atoms with E-state index in [1.54, 1.807) is 22.7 Å². The fourth-order valence-electron chi connectivity index (χ4n) is 1.39. The molecule has 0 N–H and O–H groups in total. The van der Waals surface area contributed by atoms with E-state index in [1.807, 2.05) is 0 Å². The third-order valence-electron chi connectivity index (χ3n) is 2.82. The van der Waals surface area contributed by atoms with E-state index in [4.69, 9.17) is 0 Å². The third kappa shape index (κ3) is 28.2. The van der Waals surface area contributed by atoms with Crippen LogP contribution in [0.2, 0.25) is 8.87 Å². The van der Waals surface area contributed by atoms with E-state index in [2.05, 4.69) is 13.8 Å². The third-order valence-corrected chi connectivity index (χ3v) is 6.86. The predicted molar refractivity (Wildman–Crippen MR) is 95.0 cm³/mol. The molecule has 0 atom stereocenters. The molecule has 0 aliphatic rings. The molecule has 0 unspecified atom stereocenters. The van der Waals surface area contributed by atoms with E-state index in [-0.39, 0.29) is 34.0 Å². The normalized spacial score (nSPS) is 8.80. The summed E-state index contributed by atoms with van der Waals surface area (Å²) in [6, 6.07) is 0. The summed E-state index contributed by atoms with van der Waals surface area (Å²) in [6.07, 6.45) is 7.13. The van der Waals surface area contributed by atoms with Gasteiger partial charge in [0.05, 0.1) is 0 Å². The van der Waals surface area contributed by atoms with Crippen molar-refractivity contribution in [3.8, 4) is 0 Å². The summed E-state index contributed by atoms with van der Waals surface area (Å²) in [5.41, 5.74) is 0. The van der Waals surface area contributed by atoms with E-state index < -0.39 is 23.5 Å². The number of carboxylic acid groups (broad SMARTS) is 2. The molecule has 144 valence electrons. The topological polar surface area (TPSA) is 114 Å². The Hall–Kier alpha value is -0.921. The van der Waals surface area contributed by atoms with Gasteiger partial charge in [0.25, 0.3) is 0 Å². The Morgan fingerprint density at radius 2 is 0.960 bits per heavy atom. The minimum absolute atomic E-state index is 0.0856. The van der Waals surface area contributed by atoms with Crippen LogP contribution in [0.15, 0.2) is 0 Å². The zero-order valence-corrected chi connectivity index (χ0v) is 18.9. The fraction of sp³-hybridized carbons (Fsp3) is 0.778. The molecule has 0 radical (unpaired) electrons. The van der Waals surface area contributed by atoms with Crippen LogP contribution < -0.4 is 10.2 Å². The first kappa shape index (κ1) is 28.9. The Morgan fingerprint density at radius 3 is 1.12 bits per heavy atom. The molecule has 0 heterocycles. The number of aliphatic carboxylic acids is 2. The summed E-state index contributed by atoms with van der Waals surface area (Å²) >= 11 is 0.149. The standard InChI is InChI=1S/2C5H8O3.2C4H9.Sn/c2*1-2-3-4(6)5(7)8;2*1-3-4-2;/h2*2-3H2,1H3,(H,7,8);2*1,3-4H2,2H3;/q;;;;+2/p-2. The Kier molecular flexibility index (Phi) is 26.6. The molecule has 0 bridgehead atoms. The van der Waals surface area contributed by atoms with Crippen molar-refractivity contribution in [2.75, 3.05) is 0 Å². The van der Waals surface area contributed by atoms with Gasteiger partial charge < -0.3 is 19.8 Å². The van der Waals surface area contributed by atoms with Crippen molar-refractivity contribution >= 4 is 44.6 Å². The molecular weight excluding hydrogens is 431 g/mol. The molecule has 0 saturated heterocycles. The zero-order chi connectivity index (χ0) is 20.1. The number of hydrogen-bond acceptors (Lipinski definition) is 6. The molecule has 0 spiro atoms. The fourth-order valence-corrected chi connectivity index (χ4v) is 5.55. The van der Waals surface area contributed by atoms with Gasteiger partial charge in [-0.05, 0) is 12.8 Å². The molecule has 0 aromatic heterocycles. The van der Waals surface area contributed by atoms with Crippen molar-refractivity contribution < 1.29 is 29.4 Å². The van der Waals surface area contributed by atoms with Crippen molar-refractivity contribution in [3.05, 3.63) is 0 Å². The number of Topliss-reactive ketones (excluding diaryl/α,β-unsaturated/α-hetero) is 2. The van der Waals surface area contributed by atoms with E-state index in [1.165, 1.54) is 25.7 Å². The summed E-state index contributed by atoms with van der Waals surface area (Å²) in [4.78, 5) is 39.4. The molecule has 0 aromatic rings. The summed E-state index contributed by atoms with van der Waals surface area (Å²) < 4.78 is 3.25. The van der Waals surface area contributed by atoms with Crippen LogP contribution in [0.5, 0.6) is 0 Å². The number of carbonyl (C=O) groups is 4. The first-order chi connectivity index (χ1) is 11.8. The van der Waals surface area contributed by atoms with Crippen LogP contribution >= 0.6 is 0 Å². The van der Waals surface area contributed by atoms with Crippen molar-refractivity contribution in [2.24, 2.45) is 0 Å². The maximum absolute atomic E-state index is 10.1. The molecule has 0 aliphatic heterocycles. The molecular formula is C18H32O6Sn. The van der Waals surface area contributed by atoms with E-state index in [0.29, 0.717) is 12.8 Å². The van der Waals surface area contributed by atoms with Crippen LogP contribution in [0.3, 0.4) is 0 Å². The molecule has 0 amide bonds. The Labute approximate surface area is 162 Å². The molecule has 0 aromatic carbocycles. The minimum atomic E-state index is -1.58. The van der Waals surface area contributed by atoms with Crippen molar-refractivity contribution in [1.82, 2.24) is 0 Å². The average molecular weight is 463 g/mol. The maximum atomic E-state index is 10.1. The van der Waals surface area contributed by atoms with Gasteiger partial charge in [-0.3, -0.25) is 9.59 Å². The second-order valence-electron chi connectivity index (χ2n) is 5.38. The Morgan fingerprint density at radius 1 is 0.640 bits per heavy atom. The SMILES string of the molecule is CCCC(=O)C(=O)[O-].CCCC(=O)C(=O)[O-].CCC[CH2][Sn+2][CH2]CCC. The van der Waals surface area contributed by atoms with Crippen molar-refractivity contribution in [1.29, 1.82) is 0 Å². The van der Waals surface area contributed by atoms with Gasteiger partial charge in [-0.2, -0.15) is 0 Å². The van der Waals surface area contributed by atoms with Gasteiger partial charge in [-0.1, -0.05) is 13.8 Å². The van der Waals surface area contributed by atoms with Gasteiger partial charge in [0, 0.05) is 12.8 Å². The average Bonchev–Trinajstić information content (AvgIpc) is 2.56. The predicted octanol–water partition coefficient (Wildman–Crippen LogP) is 1.34. The van der Waals surface area contributed by atoms with Gasteiger partial charge >= 0.3 is 69.5 Å². The molecule has 0 fully saturated rings. The van der Waals surface area contributed by atoms with Crippen LogP contribution in [0, 0.1) is 0 Å². The van der Waals surface area contributed by atoms with Gasteiger partial charge in [0.15, 0.2) is 11.6 Å². The zero-order valence-electron chi connectivity index (χ0n) is 16.0. The second-order valence-corrected chi connectivity index (χ2v) is 9.66.